The Bertz CT molecular complexity index is 824. The Balaban J connectivity index is 1.98. The minimum Gasteiger partial charge on any atom is -0.442 e. The fourth-order valence-electron chi connectivity index (χ4n) is 2.39. The number of benzene rings is 2. The fraction of sp³-hybridized carbons (Fsp3) is 0.222. The highest BCUT2D eigenvalue weighted by molar-refractivity contribution is 5.76. The van der Waals surface area contributed by atoms with Gasteiger partial charge in [0.2, 0.25) is 0 Å². The van der Waals surface area contributed by atoms with Crippen molar-refractivity contribution in [1.82, 2.24) is 4.98 Å². The molecule has 2 aromatic carbocycles. The van der Waals surface area contributed by atoms with Gasteiger partial charge in [-0.1, -0.05) is 56.3 Å². The Hall–Kier alpha value is -2.62. The minimum atomic E-state index is -0.434. The minimum absolute atomic E-state index is 0.00579. The Morgan fingerprint density at radius 2 is 1.68 bits per heavy atom. The molecule has 0 aliphatic rings. The molecule has 0 N–H and O–H groups in total. The summed E-state index contributed by atoms with van der Waals surface area (Å²) in [4.78, 5) is 16.3. The average molecular weight is 295 g/mol. The quantitative estimate of drug-likeness (QED) is 0.731. The Morgan fingerprint density at radius 1 is 1.00 bits per heavy atom. The molecule has 1 atom stereocenters. The van der Waals surface area contributed by atoms with Gasteiger partial charge < -0.3 is 9.15 Å². The van der Waals surface area contributed by atoms with Crippen LogP contribution in [0.3, 0.4) is 0 Å². The highest BCUT2D eigenvalue weighted by Crippen LogP contribution is 2.27. The lowest BCUT2D eigenvalue weighted by Gasteiger charge is -2.21. The number of fused-ring (bicyclic) bond motifs is 1. The van der Waals surface area contributed by atoms with Gasteiger partial charge in [-0.25, -0.2) is 4.79 Å². The van der Waals surface area contributed by atoms with Gasteiger partial charge >= 0.3 is 11.7 Å². The topological polar surface area (TPSA) is 52.3 Å². The summed E-state index contributed by atoms with van der Waals surface area (Å²) in [5, 5.41) is 0.454. The molecule has 0 bridgehead atoms. The largest absolute Gasteiger partial charge is 0.442 e. The van der Waals surface area contributed by atoms with E-state index in [1.165, 1.54) is 0 Å². The van der Waals surface area contributed by atoms with Gasteiger partial charge in [-0.2, -0.15) is 4.98 Å². The summed E-state index contributed by atoms with van der Waals surface area (Å²) >= 11 is 0. The first-order valence-corrected chi connectivity index (χ1v) is 7.26. The molecule has 4 heteroatoms. The van der Waals surface area contributed by atoms with Crippen LogP contribution in [0.4, 0.5) is 0 Å². The lowest BCUT2D eigenvalue weighted by atomic mass is 9.99. The molecular formula is C18H17NO3. The van der Waals surface area contributed by atoms with E-state index in [-0.39, 0.29) is 18.1 Å². The zero-order valence-corrected chi connectivity index (χ0v) is 12.5. The number of aromatic nitrogens is 1. The number of hydrogen-bond donors (Lipinski definition) is 0. The zero-order chi connectivity index (χ0) is 15.5. The van der Waals surface area contributed by atoms with Crippen LogP contribution in [0.5, 0.6) is 6.08 Å². The summed E-state index contributed by atoms with van der Waals surface area (Å²) < 4.78 is 11.1. The summed E-state index contributed by atoms with van der Waals surface area (Å²) in [5.41, 5.74) is 1.16. The van der Waals surface area contributed by atoms with Gasteiger partial charge in [0.05, 0.1) is 10.9 Å². The number of para-hydroxylation sites is 1. The lowest BCUT2D eigenvalue weighted by Crippen LogP contribution is -2.16. The van der Waals surface area contributed by atoms with Crippen LogP contribution in [0.1, 0.15) is 25.5 Å². The predicted molar refractivity (Wildman–Crippen MR) is 84.9 cm³/mol. The third-order valence-corrected chi connectivity index (χ3v) is 3.48. The smallest absolute Gasteiger partial charge is 0.397 e. The van der Waals surface area contributed by atoms with Crippen LogP contribution in [-0.4, -0.2) is 4.98 Å². The van der Waals surface area contributed by atoms with E-state index in [2.05, 4.69) is 18.8 Å². The third kappa shape index (κ3) is 2.86. The van der Waals surface area contributed by atoms with E-state index in [4.69, 9.17) is 9.15 Å². The van der Waals surface area contributed by atoms with Gasteiger partial charge in [0.25, 0.3) is 0 Å². The Morgan fingerprint density at radius 3 is 2.41 bits per heavy atom. The van der Waals surface area contributed by atoms with Crippen LogP contribution in [0.2, 0.25) is 0 Å². The summed E-state index contributed by atoms with van der Waals surface area (Å²) in [5.74, 6) is 0.209. The molecule has 0 spiro atoms. The van der Waals surface area contributed by atoms with Crippen molar-refractivity contribution in [2.24, 2.45) is 5.92 Å². The SMILES string of the molecule is CC(C)C(Oc1nc2ccccc2c(=O)o1)c1ccccc1. The second kappa shape index (κ2) is 6.02. The summed E-state index contributed by atoms with van der Waals surface area (Å²) in [7, 11) is 0. The molecule has 0 amide bonds. The van der Waals surface area contributed by atoms with Crippen molar-refractivity contribution >= 4 is 10.9 Å². The molecule has 4 nitrogen and oxygen atoms in total. The average Bonchev–Trinajstić information content (AvgIpc) is 2.53. The number of ether oxygens (including phenoxy) is 1. The molecule has 112 valence electrons. The van der Waals surface area contributed by atoms with Crippen LogP contribution in [-0.2, 0) is 0 Å². The van der Waals surface area contributed by atoms with Crippen molar-refractivity contribution in [3.05, 3.63) is 70.6 Å². The monoisotopic (exact) mass is 295 g/mol. The molecule has 0 saturated heterocycles. The van der Waals surface area contributed by atoms with Gasteiger partial charge in [0.15, 0.2) is 0 Å². The summed E-state index contributed by atoms with van der Waals surface area (Å²) in [6.45, 7) is 4.10. The maximum Gasteiger partial charge on any atom is 0.397 e. The lowest BCUT2D eigenvalue weighted by molar-refractivity contribution is 0.103. The Labute approximate surface area is 128 Å². The van der Waals surface area contributed by atoms with Gasteiger partial charge in [-0.15, -0.1) is 0 Å². The number of nitrogens with zero attached hydrogens (tertiary/aromatic N) is 1. The molecule has 0 aliphatic heterocycles. The van der Waals surface area contributed by atoms with E-state index in [0.717, 1.165) is 5.56 Å². The molecule has 0 aliphatic carbocycles. The number of hydrogen-bond acceptors (Lipinski definition) is 4. The van der Waals surface area contributed by atoms with Gasteiger partial charge in [-0.3, -0.25) is 0 Å². The molecule has 0 fully saturated rings. The normalized spacial score (nSPS) is 12.5. The molecule has 1 unspecified atom stereocenters. The molecule has 1 aromatic heterocycles. The van der Waals surface area contributed by atoms with Crippen molar-refractivity contribution in [3.8, 4) is 6.08 Å². The molecule has 3 rings (SSSR count). The molecular weight excluding hydrogens is 278 g/mol. The van der Waals surface area contributed by atoms with Crippen molar-refractivity contribution in [2.75, 3.05) is 0 Å². The first kappa shape index (κ1) is 14.3. The zero-order valence-electron chi connectivity index (χ0n) is 12.5. The molecule has 22 heavy (non-hydrogen) atoms. The van der Waals surface area contributed by atoms with Crippen LogP contribution in [0.25, 0.3) is 10.9 Å². The van der Waals surface area contributed by atoms with Gasteiger partial charge in [-0.05, 0) is 23.6 Å². The second-order valence-electron chi connectivity index (χ2n) is 5.48. The van der Waals surface area contributed by atoms with Crippen molar-refractivity contribution in [1.29, 1.82) is 0 Å². The van der Waals surface area contributed by atoms with Crippen molar-refractivity contribution in [3.63, 3.8) is 0 Å². The van der Waals surface area contributed by atoms with Crippen LogP contribution >= 0.6 is 0 Å². The van der Waals surface area contributed by atoms with E-state index in [0.29, 0.717) is 10.9 Å². The first-order valence-electron chi connectivity index (χ1n) is 7.26. The summed E-state index contributed by atoms with van der Waals surface area (Å²) in [6.07, 6.45) is -0.218. The van der Waals surface area contributed by atoms with Crippen molar-refractivity contribution < 1.29 is 9.15 Å². The van der Waals surface area contributed by atoms with Gasteiger partial charge in [0.1, 0.15) is 6.10 Å². The van der Waals surface area contributed by atoms with Gasteiger partial charge in [0, 0.05) is 0 Å². The predicted octanol–water partition coefficient (Wildman–Crippen LogP) is 3.96. The van der Waals surface area contributed by atoms with E-state index >= 15 is 0 Å². The Kier molecular flexibility index (Phi) is 3.92. The first-order chi connectivity index (χ1) is 10.6. The number of rotatable bonds is 4. The highest BCUT2D eigenvalue weighted by Gasteiger charge is 2.20. The highest BCUT2D eigenvalue weighted by atomic mass is 16.6. The van der Waals surface area contributed by atoms with E-state index < -0.39 is 5.63 Å². The maximum atomic E-state index is 12.0. The molecule has 0 saturated carbocycles. The van der Waals surface area contributed by atoms with Crippen LogP contribution < -0.4 is 10.4 Å². The second-order valence-corrected chi connectivity index (χ2v) is 5.48. The standard InChI is InChI=1S/C18H17NO3/c1-12(2)16(13-8-4-3-5-9-13)21-18-19-15-11-7-6-10-14(15)17(20)22-18/h3-12,16H,1-2H3. The van der Waals surface area contributed by atoms with Crippen molar-refractivity contribution in [2.45, 2.75) is 20.0 Å². The third-order valence-electron chi connectivity index (χ3n) is 3.48. The van der Waals surface area contributed by atoms with Crippen LogP contribution in [0, 0.1) is 5.92 Å². The maximum absolute atomic E-state index is 12.0. The molecule has 1 heterocycles. The summed E-state index contributed by atoms with van der Waals surface area (Å²) in [6, 6.07) is 16.9. The van der Waals surface area contributed by atoms with E-state index in [1.807, 2.05) is 36.4 Å². The van der Waals surface area contributed by atoms with E-state index in [9.17, 15) is 4.79 Å². The fourth-order valence-corrected chi connectivity index (χ4v) is 2.39. The molecule has 3 aromatic rings. The van der Waals surface area contributed by atoms with E-state index in [1.54, 1.807) is 18.2 Å². The molecule has 0 radical (unpaired) electrons. The van der Waals surface area contributed by atoms with Crippen LogP contribution in [0.15, 0.2) is 63.8 Å².